The minimum atomic E-state index is -0.533. The zero-order chi connectivity index (χ0) is 19.7. The van der Waals surface area contributed by atoms with Crippen LogP contribution in [0.15, 0.2) is 23.1 Å². The van der Waals surface area contributed by atoms with Gasteiger partial charge in [-0.1, -0.05) is 0 Å². The summed E-state index contributed by atoms with van der Waals surface area (Å²) in [4.78, 5) is 47.5. The van der Waals surface area contributed by atoms with Crippen molar-refractivity contribution in [1.29, 1.82) is 0 Å². The van der Waals surface area contributed by atoms with Crippen molar-refractivity contribution >= 4 is 17.6 Å². The van der Waals surface area contributed by atoms with Gasteiger partial charge in [-0.25, -0.2) is 4.98 Å². The number of pyridine rings is 2. The first-order valence-electron chi connectivity index (χ1n) is 8.80. The first-order chi connectivity index (χ1) is 12.8. The number of aromatic amines is 1. The van der Waals surface area contributed by atoms with E-state index in [9.17, 15) is 14.4 Å². The van der Waals surface area contributed by atoms with Crippen LogP contribution in [-0.4, -0.2) is 52.9 Å². The van der Waals surface area contributed by atoms with Crippen molar-refractivity contribution in [2.45, 2.75) is 20.8 Å². The van der Waals surface area contributed by atoms with Crippen molar-refractivity contribution in [2.24, 2.45) is 5.73 Å². The van der Waals surface area contributed by atoms with E-state index in [0.717, 1.165) is 11.3 Å². The molecule has 0 saturated carbocycles. The predicted molar refractivity (Wildman–Crippen MR) is 102 cm³/mol. The monoisotopic (exact) mass is 369 g/mol. The summed E-state index contributed by atoms with van der Waals surface area (Å²) >= 11 is 0. The van der Waals surface area contributed by atoms with Crippen LogP contribution >= 0.6 is 0 Å². The average Bonchev–Trinajstić information content (AvgIpc) is 2.66. The number of carbonyl (C=O) groups is 2. The van der Waals surface area contributed by atoms with Crippen LogP contribution < -0.4 is 16.2 Å². The molecule has 0 bridgehead atoms. The first kappa shape index (κ1) is 18.6. The molecule has 142 valence electrons. The van der Waals surface area contributed by atoms with Gasteiger partial charge < -0.3 is 20.5 Å². The Kier molecular flexibility index (Phi) is 4.98. The van der Waals surface area contributed by atoms with Gasteiger partial charge in [0.15, 0.2) is 0 Å². The summed E-state index contributed by atoms with van der Waals surface area (Å²) in [7, 11) is 0. The number of hydrogen-bond acceptors (Lipinski definition) is 5. The Morgan fingerprint density at radius 3 is 2.41 bits per heavy atom. The lowest BCUT2D eigenvalue weighted by atomic mass is 10.0. The van der Waals surface area contributed by atoms with Crippen molar-refractivity contribution in [3.05, 3.63) is 56.6 Å². The molecule has 1 aliphatic heterocycles. The second-order valence-corrected chi connectivity index (χ2v) is 6.72. The van der Waals surface area contributed by atoms with Crippen LogP contribution in [0.5, 0.6) is 0 Å². The van der Waals surface area contributed by atoms with Gasteiger partial charge in [0.2, 0.25) is 0 Å². The molecule has 2 aromatic rings. The normalized spacial score (nSPS) is 14.3. The summed E-state index contributed by atoms with van der Waals surface area (Å²) in [5.74, 6) is -0.279. The molecular formula is C19H23N5O3. The summed E-state index contributed by atoms with van der Waals surface area (Å²) in [6, 6.07) is 3.30. The number of anilines is 1. The molecule has 8 nitrogen and oxygen atoms in total. The third-order valence-corrected chi connectivity index (χ3v) is 5.16. The third kappa shape index (κ3) is 3.42. The molecule has 8 heteroatoms. The highest BCUT2D eigenvalue weighted by molar-refractivity contribution is 5.98. The highest BCUT2D eigenvalue weighted by Gasteiger charge is 2.27. The van der Waals surface area contributed by atoms with Crippen LogP contribution in [0.4, 0.5) is 5.82 Å². The highest BCUT2D eigenvalue weighted by Crippen LogP contribution is 2.20. The smallest absolute Gasteiger partial charge is 0.261 e. The maximum absolute atomic E-state index is 12.9. The number of H-pyrrole nitrogens is 1. The summed E-state index contributed by atoms with van der Waals surface area (Å²) in [6.45, 7) is 7.38. The molecular weight excluding hydrogens is 346 g/mol. The summed E-state index contributed by atoms with van der Waals surface area (Å²) < 4.78 is 0. The van der Waals surface area contributed by atoms with Crippen molar-refractivity contribution < 1.29 is 9.59 Å². The van der Waals surface area contributed by atoms with Crippen molar-refractivity contribution in [2.75, 3.05) is 31.1 Å². The summed E-state index contributed by atoms with van der Waals surface area (Å²) in [6.07, 6.45) is 1.61. The lowest BCUT2D eigenvalue weighted by Gasteiger charge is -2.36. The largest absolute Gasteiger partial charge is 0.365 e. The van der Waals surface area contributed by atoms with Gasteiger partial charge in [0, 0.05) is 38.1 Å². The number of piperazine rings is 1. The van der Waals surface area contributed by atoms with E-state index in [1.807, 2.05) is 18.7 Å². The number of hydrogen-bond donors (Lipinski definition) is 2. The molecule has 0 spiro atoms. The van der Waals surface area contributed by atoms with Crippen LogP contribution in [-0.2, 0) is 0 Å². The maximum Gasteiger partial charge on any atom is 0.261 e. The molecule has 1 aliphatic rings. The fourth-order valence-corrected chi connectivity index (χ4v) is 3.34. The van der Waals surface area contributed by atoms with E-state index in [1.54, 1.807) is 30.2 Å². The number of amides is 2. The van der Waals surface area contributed by atoms with Crippen LogP contribution in [0.25, 0.3) is 0 Å². The Morgan fingerprint density at radius 2 is 1.78 bits per heavy atom. The molecule has 0 aliphatic carbocycles. The Hall–Kier alpha value is -3.16. The predicted octanol–water partition coefficient (Wildman–Crippen LogP) is 0.756. The fourth-order valence-electron chi connectivity index (χ4n) is 3.34. The van der Waals surface area contributed by atoms with Gasteiger partial charge in [0.05, 0.1) is 5.56 Å². The summed E-state index contributed by atoms with van der Waals surface area (Å²) in [5, 5.41) is 0. The van der Waals surface area contributed by atoms with Crippen molar-refractivity contribution in [3.63, 3.8) is 0 Å². The number of nitrogens with one attached hydrogen (secondary N) is 1. The lowest BCUT2D eigenvalue weighted by molar-refractivity contribution is 0.0743. The van der Waals surface area contributed by atoms with Gasteiger partial charge in [0.1, 0.15) is 11.4 Å². The van der Waals surface area contributed by atoms with Crippen LogP contribution in [0.3, 0.4) is 0 Å². The molecule has 0 atom stereocenters. The number of aromatic nitrogens is 2. The minimum absolute atomic E-state index is 0.196. The zero-order valence-electron chi connectivity index (χ0n) is 15.7. The quantitative estimate of drug-likeness (QED) is 0.829. The van der Waals surface area contributed by atoms with E-state index in [0.29, 0.717) is 43.1 Å². The molecule has 27 heavy (non-hydrogen) atoms. The highest BCUT2D eigenvalue weighted by atomic mass is 16.2. The fraction of sp³-hybridized carbons (Fsp3) is 0.368. The molecule has 3 heterocycles. The van der Waals surface area contributed by atoms with E-state index in [2.05, 4.69) is 9.97 Å². The zero-order valence-corrected chi connectivity index (χ0v) is 15.7. The first-order valence-corrected chi connectivity index (χ1v) is 8.80. The molecule has 1 saturated heterocycles. The van der Waals surface area contributed by atoms with E-state index >= 15 is 0 Å². The molecule has 0 radical (unpaired) electrons. The van der Waals surface area contributed by atoms with Gasteiger partial charge in [-0.05, 0) is 44.0 Å². The van der Waals surface area contributed by atoms with Crippen molar-refractivity contribution in [1.82, 2.24) is 14.9 Å². The molecule has 2 aromatic heterocycles. The van der Waals surface area contributed by atoms with Crippen LogP contribution in [0.2, 0.25) is 0 Å². The van der Waals surface area contributed by atoms with Gasteiger partial charge in [0.25, 0.3) is 17.4 Å². The SMILES string of the molecule is Cc1[nH]c(=O)c(C(=O)N2CCN(c3ncccc3C(N)=O)CC2)c(C)c1C. The van der Waals surface area contributed by atoms with E-state index in [1.165, 1.54) is 0 Å². The van der Waals surface area contributed by atoms with Crippen LogP contribution in [0, 0.1) is 20.8 Å². The lowest BCUT2D eigenvalue weighted by Crippen LogP contribution is -2.50. The average molecular weight is 369 g/mol. The number of nitrogens with two attached hydrogens (primary N) is 1. The Morgan fingerprint density at radius 1 is 1.11 bits per heavy atom. The number of primary amides is 1. The Balaban J connectivity index is 1.79. The van der Waals surface area contributed by atoms with Gasteiger partial charge in [-0.15, -0.1) is 0 Å². The number of rotatable bonds is 3. The van der Waals surface area contributed by atoms with Crippen molar-refractivity contribution in [3.8, 4) is 0 Å². The summed E-state index contributed by atoms with van der Waals surface area (Å²) in [5.41, 5.74) is 8.02. The van der Waals surface area contributed by atoms with Gasteiger partial charge in [-0.3, -0.25) is 14.4 Å². The van der Waals surface area contributed by atoms with E-state index in [4.69, 9.17) is 5.73 Å². The third-order valence-electron chi connectivity index (χ3n) is 5.16. The maximum atomic E-state index is 12.9. The molecule has 3 rings (SSSR count). The Bertz CT molecular complexity index is 958. The number of aryl methyl sites for hydroxylation is 1. The topological polar surface area (TPSA) is 112 Å². The number of nitrogens with zero attached hydrogens (tertiary/aromatic N) is 3. The van der Waals surface area contributed by atoms with E-state index in [-0.39, 0.29) is 17.0 Å². The second-order valence-electron chi connectivity index (χ2n) is 6.72. The number of carbonyl (C=O) groups excluding carboxylic acids is 2. The molecule has 0 unspecified atom stereocenters. The molecule has 1 fully saturated rings. The standard InChI is InChI=1S/C19H23N5O3/c1-11-12(2)15(18(26)22-13(11)3)19(27)24-9-7-23(8-10-24)17-14(16(20)25)5-4-6-21-17/h4-6H,7-10H2,1-3H3,(H2,20,25)(H,22,26). The molecule has 2 amide bonds. The van der Waals surface area contributed by atoms with Gasteiger partial charge >= 0.3 is 0 Å². The molecule has 3 N–H and O–H groups in total. The Labute approximate surface area is 157 Å². The minimum Gasteiger partial charge on any atom is -0.365 e. The molecule has 0 aromatic carbocycles. The second kappa shape index (κ2) is 7.22. The van der Waals surface area contributed by atoms with E-state index < -0.39 is 5.91 Å². The van der Waals surface area contributed by atoms with Crippen LogP contribution in [0.1, 0.15) is 37.5 Å². The van der Waals surface area contributed by atoms with Gasteiger partial charge in [-0.2, -0.15) is 0 Å².